The van der Waals surface area contributed by atoms with E-state index in [-0.39, 0.29) is 0 Å². The molecule has 2 aromatic rings. The maximum absolute atomic E-state index is 6.09. The molecule has 0 radical (unpaired) electrons. The predicted octanol–water partition coefficient (Wildman–Crippen LogP) is 4.63. The summed E-state index contributed by atoms with van der Waals surface area (Å²) in [5.74, 6) is 0. The molecule has 0 amide bonds. The Morgan fingerprint density at radius 1 is 0.833 bits per heavy atom. The maximum atomic E-state index is 6.09. The minimum Gasteiger partial charge on any atom is -0.323 e. The normalized spacial score (nSPS) is 10.7. The summed E-state index contributed by atoms with van der Waals surface area (Å²) < 4.78 is 0. The zero-order valence-corrected chi connectivity index (χ0v) is 12.6. The first-order valence-corrected chi connectivity index (χ1v) is 7.10. The Morgan fingerprint density at radius 2 is 1.28 bits per heavy atom. The van der Waals surface area contributed by atoms with Crippen molar-refractivity contribution in [1.82, 2.24) is 0 Å². The van der Waals surface area contributed by atoms with Crippen LogP contribution in [0.15, 0.2) is 40.1 Å². The zero-order valence-electron chi connectivity index (χ0n) is 10.3. The summed E-state index contributed by atoms with van der Waals surface area (Å²) >= 11 is 13.8. The minimum absolute atomic E-state index is 0.606. The molecule has 0 unspecified atom stereocenters. The van der Waals surface area contributed by atoms with Crippen molar-refractivity contribution in [2.24, 2.45) is 0 Å². The second-order valence-corrected chi connectivity index (χ2v) is 6.25. The fourth-order valence-electron chi connectivity index (χ4n) is 1.77. The molecule has 0 fully saturated rings. The lowest BCUT2D eigenvalue weighted by Crippen LogP contribution is -2.40. The molecule has 3 N–H and O–H groups in total. The van der Waals surface area contributed by atoms with Gasteiger partial charge >= 0.3 is 0 Å². The lowest BCUT2D eigenvalue weighted by Gasteiger charge is -2.06. The molecule has 1 nitrogen and oxygen atoms in total. The third-order valence-electron chi connectivity index (χ3n) is 2.55. The van der Waals surface area contributed by atoms with Crippen molar-refractivity contribution in [3.63, 3.8) is 0 Å². The van der Waals surface area contributed by atoms with Crippen LogP contribution in [0.1, 0.15) is 11.1 Å². The van der Waals surface area contributed by atoms with Gasteiger partial charge < -0.3 is 5.73 Å². The number of aryl methyl sites for hydroxylation is 2. The smallest absolute Gasteiger partial charge is 0.165 e. The number of benzene rings is 2. The van der Waals surface area contributed by atoms with Crippen LogP contribution in [-0.2, 0) is 0 Å². The molecule has 0 atom stereocenters. The molecular weight excluding hydrogens is 285 g/mol. The van der Waals surface area contributed by atoms with Crippen molar-refractivity contribution >= 4 is 40.7 Å². The Balaban J connectivity index is 2.34. The van der Waals surface area contributed by atoms with Crippen molar-refractivity contribution in [1.29, 1.82) is 0 Å². The Kier molecular flexibility index (Phi) is 4.23. The van der Waals surface area contributed by atoms with Gasteiger partial charge in [-0.25, -0.2) is 0 Å². The highest BCUT2D eigenvalue weighted by Crippen LogP contribution is 2.36. The van der Waals surface area contributed by atoms with E-state index in [4.69, 9.17) is 23.2 Å². The molecular formula is C14H14Cl2NS+. The van der Waals surface area contributed by atoms with E-state index < -0.39 is 0 Å². The molecule has 2 aromatic carbocycles. The summed E-state index contributed by atoms with van der Waals surface area (Å²) in [6, 6.07) is 10.3. The highest BCUT2D eigenvalue weighted by Gasteiger charge is 2.09. The van der Waals surface area contributed by atoms with Crippen molar-refractivity contribution in [2.75, 3.05) is 0 Å². The van der Waals surface area contributed by atoms with Crippen LogP contribution in [0.5, 0.6) is 0 Å². The van der Waals surface area contributed by atoms with Gasteiger partial charge in [0, 0.05) is 9.79 Å². The summed E-state index contributed by atoms with van der Waals surface area (Å²) in [5, 5.41) is 1.21. The second kappa shape index (κ2) is 5.54. The van der Waals surface area contributed by atoms with Crippen molar-refractivity contribution in [2.45, 2.75) is 23.6 Å². The fraction of sp³-hybridized carbons (Fsp3) is 0.143. The number of quaternary nitrogens is 1. The van der Waals surface area contributed by atoms with Crippen molar-refractivity contribution in [3.05, 3.63) is 51.5 Å². The third-order valence-corrected chi connectivity index (χ3v) is 4.16. The summed E-state index contributed by atoms with van der Waals surface area (Å²) in [6.45, 7) is 4.19. The van der Waals surface area contributed by atoms with Crippen LogP contribution >= 0.6 is 35.0 Å². The van der Waals surface area contributed by atoms with E-state index in [1.165, 1.54) is 16.0 Å². The summed E-state index contributed by atoms with van der Waals surface area (Å²) in [7, 11) is 0. The van der Waals surface area contributed by atoms with Crippen LogP contribution in [0, 0.1) is 13.8 Å². The standard InChI is InChI=1S/C14H13Cl2NS/c1-8-3-9(2)5-10(4-8)18-11-6-12(15)14(17)13(16)7-11/h3-7H,17H2,1-2H3/p+1. The number of rotatable bonds is 2. The topological polar surface area (TPSA) is 27.6 Å². The van der Waals surface area contributed by atoms with Crippen LogP contribution in [-0.4, -0.2) is 0 Å². The van der Waals surface area contributed by atoms with Gasteiger partial charge in [0.15, 0.2) is 5.69 Å². The van der Waals surface area contributed by atoms with Gasteiger partial charge in [-0.2, -0.15) is 0 Å². The Hall–Kier alpha value is -0.670. The molecule has 94 valence electrons. The Labute approximate surface area is 121 Å². The van der Waals surface area contributed by atoms with Gasteiger partial charge in [-0.15, -0.1) is 0 Å². The van der Waals surface area contributed by atoms with Gasteiger partial charge in [0.25, 0.3) is 0 Å². The van der Waals surface area contributed by atoms with Gasteiger partial charge in [0.05, 0.1) is 0 Å². The van der Waals surface area contributed by atoms with E-state index >= 15 is 0 Å². The van der Waals surface area contributed by atoms with Gasteiger partial charge in [0.2, 0.25) is 0 Å². The monoisotopic (exact) mass is 298 g/mol. The zero-order chi connectivity index (χ0) is 13.3. The van der Waals surface area contributed by atoms with E-state index in [2.05, 4.69) is 37.8 Å². The third kappa shape index (κ3) is 3.21. The fourth-order valence-corrected chi connectivity index (χ4v) is 3.50. The molecule has 0 aromatic heterocycles. The average molecular weight is 299 g/mol. The maximum Gasteiger partial charge on any atom is 0.165 e. The molecule has 0 aliphatic rings. The van der Waals surface area contributed by atoms with Gasteiger partial charge in [-0.05, 0) is 49.2 Å². The van der Waals surface area contributed by atoms with E-state index in [1.807, 2.05) is 12.1 Å². The van der Waals surface area contributed by atoms with Crippen LogP contribution in [0.25, 0.3) is 0 Å². The highest BCUT2D eigenvalue weighted by atomic mass is 35.5. The lowest BCUT2D eigenvalue weighted by molar-refractivity contribution is -0.254. The molecule has 0 saturated heterocycles. The SMILES string of the molecule is Cc1cc(C)cc(Sc2cc(Cl)c([NH3+])c(Cl)c2)c1. The molecule has 0 aliphatic heterocycles. The van der Waals surface area contributed by atoms with E-state index in [0.29, 0.717) is 15.7 Å². The molecule has 0 saturated carbocycles. The van der Waals surface area contributed by atoms with Crippen LogP contribution in [0.3, 0.4) is 0 Å². The first-order chi connectivity index (χ1) is 8.45. The predicted molar refractivity (Wildman–Crippen MR) is 79.0 cm³/mol. The average Bonchev–Trinajstić information content (AvgIpc) is 2.24. The minimum atomic E-state index is 0.606. The molecule has 0 bridgehead atoms. The molecule has 4 heteroatoms. The van der Waals surface area contributed by atoms with E-state index in [0.717, 1.165) is 4.90 Å². The number of hydrogen-bond donors (Lipinski definition) is 1. The first-order valence-electron chi connectivity index (χ1n) is 5.53. The largest absolute Gasteiger partial charge is 0.323 e. The van der Waals surface area contributed by atoms with Crippen molar-refractivity contribution in [3.8, 4) is 0 Å². The lowest BCUT2D eigenvalue weighted by atomic mass is 10.2. The van der Waals surface area contributed by atoms with Crippen molar-refractivity contribution < 1.29 is 5.73 Å². The summed E-state index contributed by atoms with van der Waals surface area (Å²) in [6.07, 6.45) is 0. The second-order valence-electron chi connectivity index (χ2n) is 4.29. The van der Waals surface area contributed by atoms with E-state index in [9.17, 15) is 0 Å². The Bertz CT molecular complexity index is 553. The summed E-state index contributed by atoms with van der Waals surface area (Å²) in [4.78, 5) is 2.22. The molecule has 0 aliphatic carbocycles. The van der Waals surface area contributed by atoms with Gasteiger partial charge in [0.1, 0.15) is 10.0 Å². The highest BCUT2D eigenvalue weighted by molar-refractivity contribution is 7.99. The van der Waals surface area contributed by atoms with Crippen LogP contribution in [0.4, 0.5) is 5.69 Å². The number of hydrogen-bond acceptors (Lipinski definition) is 1. The molecule has 0 spiro atoms. The number of halogens is 2. The summed E-state index contributed by atoms with van der Waals surface area (Å²) in [5.41, 5.74) is 7.01. The van der Waals surface area contributed by atoms with Crippen LogP contribution < -0.4 is 5.73 Å². The quantitative estimate of drug-likeness (QED) is 0.860. The first kappa shape index (κ1) is 13.8. The van der Waals surface area contributed by atoms with Gasteiger partial charge in [-0.3, -0.25) is 0 Å². The Morgan fingerprint density at radius 3 is 1.78 bits per heavy atom. The molecule has 18 heavy (non-hydrogen) atoms. The van der Waals surface area contributed by atoms with E-state index in [1.54, 1.807) is 11.8 Å². The van der Waals surface area contributed by atoms with Crippen LogP contribution in [0.2, 0.25) is 10.0 Å². The van der Waals surface area contributed by atoms with Gasteiger partial charge in [-0.1, -0.05) is 41.0 Å². The molecule has 0 heterocycles. The molecule has 2 rings (SSSR count).